The van der Waals surface area contributed by atoms with E-state index in [4.69, 9.17) is 0 Å². The third-order valence-electron chi connectivity index (χ3n) is 3.17. The number of hydrogen-bond acceptors (Lipinski definition) is 3. The lowest BCUT2D eigenvalue weighted by molar-refractivity contribution is -0.124. The van der Waals surface area contributed by atoms with Crippen LogP contribution in [0, 0.1) is 6.92 Å². The molecule has 2 heterocycles. The fourth-order valence-electron chi connectivity index (χ4n) is 1.87. The van der Waals surface area contributed by atoms with Gasteiger partial charge in [0.15, 0.2) is 0 Å². The summed E-state index contributed by atoms with van der Waals surface area (Å²) in [6.45, 7) is 7.11. The number of carbonyl (C=O) groups is 1. The number of aryl methyl sites for hydroxylation is 2. The second-order valence-corrected chi connectivity index (χ2v) is 5.54. The number of nitrogens with zero attached hydrogens (tertiary/aromatic N) is 4. The predicted molar refractivity (Wildman–Crippen MR) is 79.1 cm³/mol. The zero-order chi connectivity index (χ0) is 14.7. The van der Waals surface area contributed by atoms with E-state index in [9.17, 15) is 4.79 Å². The van der Waals surface area contributed by atoms with Gasteiger partial charge in [-0.3, -0.25) is 14.2 Å². The lowest BCUT2D eigenvalue weighted by Gasteiger charge is -2.12. The fourth-order valence-corrected chi connectivity index (χ4v) is 2.17. The van der Waals surface area contributed by atoms with E-state index in [0.717, 1.165) is 22.3 Å². The van der Waals surface area contributed by atoms with E-state index in [1.807, 2.05) is 31.6 Å². The molecule has 7 heteroatoms. The third-order valence-corrected chi connectivity index (χ3v) is 3.58. The fraction of sp³-hybridized carbons (Fsp3) is 0.462. The third kappa shape index (κ3) is 3.27. The highest BCUT2D eigenvalue weighted by molar-refractivity contribution is 9.10. The second kappa shape index (κ2) is 6.21. The van der Waals surface area contributed by atoms with E-state index in [0.29, 0.717) is 6.54 Å². The first-order chi connectivity index (χ1) is 9.51. The first-order valence-corrected chi connectivity index (χ1v) is 7.30. The van der Waals surface area contributed by atoms with E-state index in [1.54, 1.807) is 17.1 Å². The molecular weight excluding hydrogens is 322 g/mol. The van der Waals surface area contributed by atoms with Crippen molar-refractivity contribution in [3.8, 4) is 0 Å². The molecule has 1 atom stereocenters. The largest absolute Gasteiger partial charge is 0.350 e. The number of hydrogen-bond donors (Lipinski definition) is 1. The van der Waals surface area contributed by atoms with Crippen LogP contribution in [0.5, 0.6) is 0 Å². The van der Waals surface area contributed by atoms with Crippen molar-refractivity contribution in [2.75, 3.05) is 0 Å². The van der Waals surface area contributed by atoms with Gasteiger partial charge in [-0.15, -0.1) is 0 Å². The van der Waals surface area contributed by atoms with Gasteiger partial charge in [-0.1, -0.05) is 0 Å². The monoisotopic (exact) mass is 339 g/mol. The lowest BCUT2D eigenvalue weighted by Crippen LogP contribution is -2.30. The molecule has 2 aromatic rings. The standard InChI is InChI=1S/C13H18BrN5O/c1-4-18-7-11(9(2)17-18)5-15-13(20)10(3)19-8-12(14)6-16-19/h6-8,10H,4-5H2,1-3H3,(H,15,20). The molecule has 1 N–H and O–H groups in total. The lowest BCUT2D eigenvalue weighted by atomic mass is 10.2. The molecule has 0 aliphatic rings. The van der Waals surface area contributed by atoms with Gasteiger partial charge in [0.1, 0.15) is 6.04 Å². The summed E-state index contributed by atoms with van der Waals surface area (Å²) in [4.78, 5) is 12.1. The molecule has 0 bridgehead atoms. The summed E-state index contributed by atoms with van der Waals surface area (Å²) in [5.74, 6) is -0.0655. The van der Waals surface area contributed by atoms with Gasteiger partial charge in [-0.25, -0.2) is 0 Å². The van der Waals surface area contributed by atoms with Crippen molar-refractivity contribution in [2.24, 2.45) is 0 Å². The van der Waals surface area contributed by atoms with Gasteiger partial charge in [-0.05, 0) is 36.7 Å². The molecule has 1 unspecified atom stereocenters. The van der Waals surface area contributed by atoms with Crippen LogP contribution in [0.15, 0.2) is 23.1 Å². The minimum atomic E-state index is -0.345. The first kappa shape index (κ1) is 14.8. The summed E-state index contributed by atoms with van der Waals surface area (Å²) >= 11 is 3.32. The maximum atomic E-state index is 12.1. The molecule has 0 saturated carbocycles. The summed E-state index contributed by atoms with van der Waals surface area (Å²) < 4.78 is 4.35. The molecule has 0 saturated heterocycles. The highest BCUT2D eigenvalue weighted by Gasteiger charge is 2.16. The van der Waals surface area contributed by atoms with Crippen molar-refractivity contribution in [1.29, 1.82) is 0 Å². The molecule has 1 amide bonds. The van der Waals surface area contributed by atoms with E-state index in [1.165, 1.54) is 0 Å². The van der Waals surface area contributed by atoms with Gasteiger partial charge >= 0.3 is 0 Å². The van der Waals surface area contributed by atoms with Crippen LogP contribution in [0.2, 0.25) is 0 Å². The van der Waals surface area contributed by atoms with Crippen LogP contribution >= 0.6 is 15.9 Å². The Balaban J connectivity index is 1.96. The maximum absolute atomic E-state index is 12.1. The molecule has 0 aromatic carbocycles. The molecule has 20 heavy (non-hydrogen) atoms. The molecule has 0 radical (unpaired) electrons. The van der Waals surface area contributed by atoms with Crippen molar-refractivity contribution in [1.82, 2.24) is 24.9 Å². The highest BCUT2D eigenvalue weighted by Crippen LogP contribution is 2.12. The number of amides is 1. The summed E-state index contributed by atoms with van der Waals surface area (Å²) in [5, 5.41) is 11.4. The Kier molecular flexibility index (Phi) is 4.59. The zero-order valence-electron chi connectivity index (χ0n) is 11.8. The quantitative estimate of drug-likeness (QED) is 0.906. The SMILES string of the molecule is CCn1cc(CNC(=O)C(C)n2cc(Br)cn2)c(C)n1. The molecule has 0 aliphatic carbocycles. The normalized spacial score (nSPS) is 12.4. The van der Waals surface area contributed by atoms with Crippen molar-refractivity contribution in [2.45, 2.75) is 39.9 Å². The van der Waals surface area contributed by atoms with Crippen LogP contribution < -0.4 is 5.32 Å². The first-order valence-electron chi connectivity index (χ1n) is 6.51. The molecule has 2 aromatic heterocycles. The van der Waals surface area contributed by atoms with E-state index in [-0.39, 0.29) is 11.9 Å². The maximum Gasteiger partial charge on any atom is 0.244 e. The van der Waals surface area contributed by atoms with Crippen molar-refractivity contribution in [3.05, 3.63) is 34.3 Å². The minimum Gasteiger partial charge on any atom is -0.350 e. The summed E-state index contributed by atoms with van der Waals surface area (Å²) in [5.41, 5.74) is 1.98. The number of nitrogens with one attached hydrogen (secondary N) is 1. The minimum absolute atomic E-state index is 0.0655. The van der Waals surface area contributed by atoms with Gasteiger partial charge in [-0.2, -0.15) is 10.2 Å². The Morgan fingerprint density at radius 2 is 2.25 bits per heavy atom. The predicted octanol–water partition coefficient (Wildman–Crippen LogP) is 2.05. The molecule has 0 fully saturated rings. The summed E-state index contributed by atoms with van der Waals surface area (Å²) in [6.07, 6.45) is 5.41. The van der Waals surface area contributed by atoms with Gasteiger partial charge in [0.05, 0.1) is 16.4 Å². The van der Waals surface area contributed by atoms with Crippen LogP contribution in [-0.4, -0.2) is 25.5 Å². The topological polar surface area (TPSA) is 64.7 Å². The molecule has 108 valence electrons. The number of rotatable bonds is 5. The Morgan fingerprint density at radius 1 is 1.50 bits per heavy atom. The van der Waals surface area contributed by atoms with Gasteiger partial charge in [0.25, 0.3) is 0 Å². The van der Waals surface area contributed by atoms with Gasteiger partial charge in [0.2, 0.25) is 5.91 Å². The van der Waals surface area contributed by atoms with Crippen LogP contribution in [0.1, 0.15) is 31.1 Å². The molecule has 0 spiro atoms. The molecule has 2 rings (SSSR count). The zero-order valence-corrected chi connectivity index (χ0v) is 13.4. The Bertz CT molecular complexity index is 604. The Labute approximate surface area is 126 Å². The van der Waals surface area contributed by atoms with E-state index >= 15 is 0 Å². The Morgan fingerprint density at radius 3 is 2.80 bits per heavy atom. The van der Waals surface area contributed by atoms with Crippen molar-refractivity contribution in [3.63, 3.8) is 0 Å². The highest BCUT2D eigenvalue weighted by atomic mass is 79.9. The van der Waals surface area contributed by atoms with Crippen LogP contribution in [-0.2, 0) is 17.9 Å². The van der Waals surface area contributed by atoms with Gasteiger partial charge in [0, 0.05) is 31.0 Å². The van der Waals surface area contributed by atoms with Crippen LogP contribution in [0.4, 0.5) is 0 Å². The number of aromatic nitrogens is 4. The average Bonchev–Trinajstić information content (AvgIpc) is 3.01. The summed E-state index contributed by atoms with van der Waals surface area (Å²) in [6, 6.07) is -0.345. The second-order valence-electron chi connectivity index (χ2n) is 4.63. The van der Waals surface area contributed by atoms with E-state index < -0.39 is 0 Å². The number of carbonyl (C=O) groups excluding carboxylic acids is 1. The van der Waals surface area contributed by atoms with E-state index in [2.05, 4.69) is 31.4 Å². The van der Waals surface area contributed by atoms with Crippen molar-refractivity contribution < 1.29 is 4.79 Å². The van der Waals surface area contributed by atoms with Crippen LogP contribution in [0.25, 0.3) is 0 Å². The smallest absolute Gasteiger partial charge is 0.244 e. The Hall–Kier alpha value is -1.63. The average molecular weight is 340 g/mol. The molecule has 6 nitrogen and oxygen atoms in total. The van der Waals surface area contributed by atoms with Gasteiger partial charge < -0.3 is 5.32 Å². The van der Waals surface area contributed by atoms with Crippen molar-refractivity contribution >= 4 is 21.8 Å². The van der Waals surface area contributed by atoms with Crippen LogP contribution in [0.3, 0.4) is 0 Å². The molecular formula is C13H18BrN5O. The number of halogens is 1. The molecule has 0 aliphatic heterocycles. The summed E-state index contributed by atoms with van der Waals surface area (Å²) in [7, 11) is 0.